The number of carbonyl (C=O) groups is 1. The van der Waals surface area contributed by atoms with Crippen molar-refractivity contribution in [2.75, 3.05) is 7.11 Å². The van der Waals surface area contributed by atoms with E-state index >= 15 is 0 Å². The average Bonchev–Trinajstić information content (AvgIpc) is 2.86. The van der Waals surface area contributed by atoms with E-state index in [1.54, 1.807) is 6.33 Å². The van der Waals surface area contributed by atoms with E-state index in [-0.39, 0.29) is 0 Å². The zero-order valence-electron chi connectivity index (χ0n) is 10.8. The minimum Gasteiger partial charge on any atom is -0.468 e. The molecule has 0 spiro atoms. The van der Waals surface area contributed by atoms with Crippen LogP contribution < -0.4 is 5.73 Å². The highest BCUT2D eigenvalue weighted by Gasteiger charge is 2.15. The number of nitrogens with zero attached hydrogens (tertiary/aromatic N) is 2. The maximum atomic E-state index is 11.2. The molecule has 0 aliphatic carbocycles. The molecule has 1 unspecified atom stereocenters. The predicted octanol–water partition coefficient (Wildman–Crippen LogP) is 0.974. The highest BCUT2D eigenvalue weighted by atomic mass is 16.5. The fourth-order valence-corrected chi connectivity index (χ4v) is 1.85. The fourth-order valence-electron chi connectivity index (χ4n) is 1.85. The molecule has 0 aliphatic heterocycles. The van der Waals surface area contributed by atoms with Gasteiger partial charge in [0, 0.05) is 19.2 Å². The number of carbonyl (C=O) groups excluding carboxylic acids is 1. The molecule has 2 aromatic rings. The Morgan fingerprint density at radius 3 is 2.84 bits per heavy atom. The van der Waals surface area contributed by atoms with Crippen LogP contribution in [0.4, 0.5) is 0 Å². The van der Waals surface area contributed by atoms with Crippen LogP contribution in [-0.4, -0.2) is 28.7 Å². The third-order valence-corrected chi connectivity index (χ3v) is 2.83. The van der Waals surface area contributed by atoms with Gasteiger partial charge in [0.15, 0.2) is 0 Å². The van der Waals surface area contributed by atoms with Gasteiger partial charge in [-0.05, 0) is 5.56 Å². The number of esters is 1. The first-order chi connectivity index (χ1) is 9.19. The highest BCUT2D eigenvalue weighted by Crippen LogP contribution is 2.05. The van der Waals surface area contributed by atoms with Gasteiger partial charge in [0.2, 0.25) is 0 Å². The molecule has 1 aromatic heterocycles. The number of hydrogen-bond donors (Lipinski definition) is 1. The van der Waals surface area contributed by atoms with E-state index in [1.807, 2.05) is 29.0 Å². The Labute approximate surface area is 112 Å². The van der Waals surface area contributed by atoms with Crippen molar-refractivity contribution in [1.29, 1.82) is 0 Å². The molecule has 100 valence electrons. The predicted molar refractivity (Wildman–Crippen MR) is 71.5 cm³/mol. The Morgan fingerprint density at radius 2 is 2.16 bits per heavy atom. The van der Waals surface area contributed by atoms with Gasteiger partial charge < -0.3 is 15.0 Å². The summed E-state index contributed by atoms with van der Waals surface area (Å²) in [6.45, 7) is 0.751. The second-order valence-electron chi connectivity index (χ2n) is 4.36. The summed E-state index contributed by atoms with van der Waals surface area (Å²) in [4.78, 5) is 15.5. The lowest BCUT2D eigenvalue weighted by atomic mass is 10.2. The molecule has 0 aliphatic rings. The Morgan fingerprint density at radius 1 is 1.42 bits per heavy atom. The normalized spacial score (nSPS) is 12.1. The summed E-state index contributed by atoms with van der Waals surface area (Å²) in [6.07, 6.45) is 4.02. The van der Waals surface area contributed by atoms with E-state index < -0.39 is 12.0 Å². The first-order valence-electron chi connectivity index (χ1n) is 6.07. The van der Waals surface area contributed by atoms with Crippen molar-refractivity contribution in [3.8, 4) is 0 Å². The highest BCUT2D eigenvalue weighted by molar-refractivity contribution is 5.75. The first kappa shape index (κ1) is 13.3. The first-order valence-corrected chi connectivity index (χ1v) is 6.07. The fraction of sp³-hybridized carbons (Fsp3) is 0.286. The zero-order valence-corrected chi connectivity index (χ0v) is 10.8. The second kappa shape index (κ2) is 6.15. The van der Waals surface area contributed by atoms with Gasteiger partial charge in [0.25, 0.3) is 0 Å². The maximum absolute atomic E-state index is 11.2. The minimum atomic E-state index is -0.662. The lowest BCUT2D eigenvalue weighted by Gasteiger charge is -2.06. The van der Waals surface area contributed by atoms with Gasteiger partial charge in [-0.15, -0.1) is 0 Å². The van der Waals surface area contributed by atoms with Crippen molar-refractivity contribution in [1.82, 2.24) is 9.55 Å². The summed E-state index contributed by atoms with van der Waals surface area (Å²) in [6, 6.07) is 9.43. The molecule has 0 radical (unpaired) electrons. The molecule has 2 N–H and O–H groups in total. The third-order valence-electron chi connectivity index (χ3n) is 2.83. The van der Waals surface area contributed by atoms with Crippen LogP contribution in [0.5, 0.6) is 0 Å². The van der Waals surface area contributed by atoms with Crippen LogP contribution in [0.2, 0.25) is 0 Å². The number of ether oxygens (including phenoxy) is 1. The Kier molecular flexibility index (Phi) is 4.30. The number of benzene rings is 1. The number of imidazole rings is 1. The summed E-state index contributed by atoms with van der Waals surface area (Å²) in [5.74, 6) is -0.419. The van der Waals surface area contributed by atoms with Crippen molar-refractivity contribution < 1.29 is 9.53 Å². The lowest BCUT2D eigenvalue weighted by Crippen LogP contribution is -2.33. The SMILES string of the molecule is COC(=O)C(N)Cc1cn(Cc2ccccc2)cn1. The molecule has 0 fully saturated rings. The molecule has 2 rings (SSSR count). The quantitative estimate of drug-likeness (QED) is 0.812. The molecular weight excluding hydrogens is 242 g/mol. The van der Waals surface area contributed by atoms with Crippen LogP contribution in [0.1, 0.15) is 11.3 Å². The zero-order chi connectivity index (χ0) is 13.7. The van der Waals surface area contributed by atoms with E-state index in [2.05, 4.69) is 21.9 Å². The maximum Gasteiger partial charge on any atom is 0.323 e. The molecule has 0 amide bonds. The number of methoxy groups -OCH3 is 1. The number of hydrogen-bond acceptors (Lipinski definition) is 4. The summed E-state index contributed by atoms with van der Waals surface area (Å²) in [7, 11) is 1.33. The van der Waals surface area contributed by atoms with Gasteiger partial charge in [-0.25, -0.2) is 4.98 Å². The summed E-state index contributed by atoms with van der Waals surface area (Å²) < 4.78 is 6.56. The molecule has 0 saturated heterocycles. The van der Waals surface area contributed by atoms with Crippen LogP contribution in [0.15, 0.2) is 42.9 Å². The van der Waals surface area contributed by atoms with Crippen LogP contribution in [-0.2, 0) is 22.5 Å². The van der Waals surface area contributed by atoms with Crippen molar-refractivity contribution in [2.24, 2.45) is 5.73 Å². The topological polar surface area (TPSA) is 70.1 Å². The van der Waals surface area contributed by atoms with E-state index in [0.29, 0.717) is 6.42 Å². The standard InChI is InChI=1S/C14H17N3O2/c1-19-14(18)13(15)7-12-9-17(10-16-12)8-11-5-3-2-4-6-11/h2-6,9-10,13H,7-8,15H2,1H3. The molecule has 19 heavy (non-hydrogen) atoms. The molecule has 5 heteroatoms. The summed E-state index contributed by atoms with van der Waals surface area (Å²) in [5, 5.41) is 0. The van der Waals surface area contributed by atoms with E-state index in [4.69, 9.17) is 5.73 Å². The van der Waals surface area contributed by atoms with E-state index in [1.165, 1.54) is 12.7 Å². The van der Waals surface area contributed by atoms with Gasteiger partial charge in [0.1, 0.15) is 6.04 Å². The van der Waals surface area contributed by atoms with Gasteiger partial charge in [-0.1, -0.05) is 30.3 Å². The van der Waals surface area contributed by atoms with Crippen molar-refractivity contribution in [2.45, 2.75) is 19.0 Å². The smallest absolute Gasteiger partial charge is 0.323 e. The molecule has 0 bridgehead atoms. The summed E-state index contributed by atoms with van der Waals surface area (Å²) >= 11 is 0. The monoisotopic (exact) mass is 259 g/mol. The van der Waals surface area contributed by atoms with Crippen LogP contribution >= 0.6 is 0 Å². The number of aromatic nitrogens is 2. The second-order valence-corrected chi connectivity index (χ2v) is 4.36. The van der Waals surface area contributed by atoms with Crippen LogP contribution in [0, 0.1) is 0 Å². The Hall–Kier alpha value is -2.14. The lowest BCUT2D eigenvalue weighted by molar-refractivity contribution is -0.142. The minimum absolute atomic E-state index is 0.383. The van der Waals surface area contributed by atoms with Crippen molar-refractivity contribution in [3.63, 3.8) is 0 Å². The van der Waals surface area contributed by atoms with Crippen LogP contribution in [0.3, 0.4) is 0 Å². The van der Waals surface area contributed by atoms with Gasteiger partial charge in [0.05, 0.1) is 19.1 Å². The van der Waals surface area contributed by atoms with Gasteiger partial charge >= 0.3 is 5.97 Å². The Bertz CT molecular complexity index is 537. The van der Waals surface area contributed by atoms with Gasteiger partial charge in [-0.3, -0.25) is 4.79 Å². The molecule has 1 heterocycles. The molecule has 1 aromatic carbocycles. The van der Waals surface area contributed by atoms with Crippen molar-refractivity contribution in [3.05, 3.63) is 54.1 Å². The van der Waals surface area contributed by atoms with Crippen molar-refractivity contribution >= 4 is 5.97 Å². The van der Waals surface area contributed by atoms with Gasteiger partial charge in [-0.2, -0.15) is 0 Å². The molecule has 5 nitrogen and oxygen atoms in total. The average molecular weight is 259 g/mol. The summed E-state index contributed by atoms with van der Waals surface area (Å²) in [5.41, 5.74) is 7.68. The van der Waals surface area contributed by atoms with E-state index in [0.717, 1.165) is 12.2 Å². The largest absolute Gasteiger partial charge is 0.468 e. The molecular formula is C14H17N3O2. The molecule has 1 atom stereocenters. The Balaban J connectivity index is 1.98. The molecule has 0 saturated carbocycles. The van der Waals surface area contributed by atoms with Crippen LogP contribution in [0.25, 0.3) is 0 Å². The number of nitrogens with two attached hydrogens (primary N) is 1. The third kappa shape index (κ3) is 3.66. The number of rotatable bonds is 5. The van der Waals surface area contributed by atoms with E-state index in [9.17, 15) is 4.79 Å².